The molecule has 0 amide bonds. The predicted octanol–water partition coefficient (Wildman–Crippen LogP) is 4.21. The van der Waals surface area contributed by atoms with Crippen molar-refractivity contribution in [3.05, 3.63) is 71.8 Å². The molecular formula is C20H26ClN3. The lowest BCUT2D eigenvalue weighted by Crippen LogP contribution is -2.39. The highest BCUT2D eigenvalue weighted by molar-refractivity contribution is 5.85. The van der Waals surface area contributed by atoms with Crippen molar-refractivity contribution in [2.75, 3.05) is 27.2 Å². The van der Waals surface area contributed by atoms with Gasteiger partial charge in [0.15, 0.2) is 5.96 Å². The van der Waals surface area contributed by atoms with Gasteiger partial charge in [-0.05, 0) is 24.0 Å². The van der Waals surface area contributed by atoms with Gasteiger partial charge < -0.3 is 9.80 Å². The fourth-order valence-electron chi connectivity index (χ4n) is 3.11. The monoisotopic (exact) mass is 343 g/mol. The number of rotatable bonds is 3. The Morgan fingerprint density at radius 2 is 1.17 bits per heavy atom. The Bertz CT molecular complexity index is 589. The lowest BCUT2D eigenvalue weighted by Gasteiger charge is -2.28. The number of hydrogen-bond donors (Lipinski definition) is 0. The van der Waals surface area contributed by atoms with Crippen molar-refractivity contribution in [2.24, 2.45) is 4.99 Å². The van der Waals surface area contributed by atoms with Crippen molar-refractivity contribution in [3.8, 4) is 0 Å². The molecule has 0 radical (unpaired) electrons. The van der Waals surface area contributed by atoms with Crippen molar-refractivity contribution in [1.82, 2.24) is 9.80 Å². The molecule has 3 nitrogen and oxygen atoms in total. The van der Waals surface area contributed by atoms with Crippen molar-refractivity contribution < 1.29 is 0 Å². The van der Waals surface area contributed by atoms with Crippen molar-refractivity contribution in [3.63, 3.8) is 0 Å². The second-order valence-electron chi connectivity index (χ2n) is 6.20. The van der Waals surface area contributed by atoms with E-state index in [2.05, 4.69) is 84.6 Å². The van der Waals surface area contributed by atoms with Crippen molar-refractivity contribution >= 4 is 18.4 Å². The maximum atomic E-state index is 5.17. The zero-order valence-electron chi connectivity index (χ0n) is 14.4. The summed E-state index contributed by atoms with van der Waals surface area (Å²) in [5.74, 6) is 1.08. The minimum absolute atomic E-state index is 0. The van der Waals surface area contributed by atoms with Gasteiger partial charge in [0.2, 0.25) is 0 Å². The molecule has 1 fully saturated rings. The van der Waals surface area contributed by atoms with E-state index in [9.17, 15) is 0 Å². The van der Waals surface area contributed by atoms with Crippen molar-refractivity contribution in [1.29, 1.82) is 0 Å². The Labute approximate surface area is 151 Å². The molecule has 24 heavy (non-hydrogen) atoms. The van der Waals surface area contributed by atoms with Crippen LogP contribution in [0.4, 0.5) is 0 Å². The molecule has 0 saturated carbocycles. The molecule has 1 aliphatic rings. The fourth-order valence-corrected chi connectivity index (χ4v) is 3.11. The predicted molar refractivity (Wildman–Crippen MR) is 104 cm³/mol. The summed E-state index contributed by atoms with van der Waals surface area (Å²) in [7, 11) is 4.29. The van der Waals surface area contributed by atoms with Gasteiger partial charge in [-0.25, -0.2) is 4.99 Å². The van der Waals surface area contributed by atoms with E-state index in [1.54, 1.807) is 0 Å². The topological polar surface area (TPSA) is 18.8 Å². The molecule has 4 heteroatoms. The third-order valence-electron chi connectivity index (χ3n) is 4.40. The normalized spacial score (nSPS) is 15.0. The third kappa shape index (κ3) is 4.30. The molecule has 0 bridgehead atoms. The number of benzene rings is 2. The number of nitrogens with zero attached hydrogens (tertiary/aromatic N) is 3. The molecule has 128 valence electrons. The second-order valence-corrected chi connectivity index (χ2v) is 6.20. The van der Waals surface area contributed by atoms with Crippen LogP contribution in [0.3, 0.4) is 0 Å². The Kier molecular flexibility index (Phi) is 6.68. The maximum Gasteiger partial charge on any atom is 0.197 e. The Morgan fingerprint density at radius 1 is 0.750 bits per heavy atom. The number of halogens is 1. The molecule has 3 rings (SSSR count). The smallest absolute Gasteiger partial charge is 0.197 e. The van der Waals surface area contributed by atoms with Gasteiger partial charge in [-0.3, -0.25) is 0 Å². The highest BCUT2D eigenvalue weighted by Crippen LogP contribution is 2.27. The maximum absolute atomic E-state index is 5.17. The third-order valence-corrected chi connectivity index (χ3v) is 4.40. The fraction of sp³-hybridized carbons (Fsp3) is 0.350. The lowest BCUT2D eigenvalue weighted by atomic mass is 9.99. The van der Waals surface area contributed by atoms with Gasteiger partial charge in [0.05, 0.1) is 0 Å². The molecule has 1 saturated heterocycles. The average molecular weight is 344 g/mol. The number of hydrogen-bond acceptors (Lipinski definition) is 1. The average Bonchev–Trinajstić information content (AvgIpc) is 2.75. The first-order valence-electron chi connectivity index (χ1n) is 8.35. The number of aliphatic imine (C=N–C) groups is 1. The molecule has 2 aromatic rings. The summed E-state index contributed by atoms with van der Waals surface area (Å²) in [5.41, 5.74) is 2.47. The Hall–Kier alpha value is -2.00. The van der Waals surface area contributed by atoms with Crippen LogP contribution in [0.25, 0.3) is 0 Å². The van der Waals surface area contributed by atoms with E-state index in [0.29, 0.717) is 0 Å². The van der Waals surface area contributed by atoms with Gasteiger partial charge in [-0.1, -0.05) is 60.7 Å². The molecule has 0 spiro atoms. The lowest BCUT2D eigenvalue weighted by molar-refractivity contribution is 0.431. The first-order valence-corrected chi connectivity index (χ1v) is 8.35. The highest BCUT2D eigenvalue weighted by atomic mass is 35.5. The summed E-state index contributed by atoms with van der Waals surface area (Å²) in [6.45, 7) is 2.14. The van der Waals surface area contributed by atoms with Crippen LogP contribution in [0.2, 0.25) is 0 Å². The Balaban J connectivity index is 0.00000208. The van der Waals surface area contributed by atoms with E-state index in [4.69, 9.17) is 4.99 Å². The van der Waals surface area contributed by atoms with Crippen LogP contribution in [-0.4, -0.2) is 42.9 Å². The van der Waals surface area contributed by atoms with Crippen LogP contribution in [0.5, 0.6) is 0 Å². The van der Waals surface area contributed by atoms with Gasteiger partial charge in [-0.15, -0.1) is 12.4 Å². The van der Waals surface area contributed by atoms with Gasteiger partial charge >= 0.3 is 0 Å². The summed E-state index contributed by atoms with van der Waals surface area (Å²) < 4.78 is 0. The van der Waals surface area contributed by atoms with E-state index < -0.39 is 0 Å². The van der Waals surface area contributed by atoms with Gasteiger partial charge in [0.25, 0.3) is 0 Å². The summed E-state index contributed by atoms with van der Waals surface area (Å²) in [4.78, 5) is 9.73. The molecular weight excluding hydrogens is 318 g/mol. The molecule has 0 unspecified atom stereocenters. The molecule has 1 aliphatic heterocycles. The zero-order chi connectivity index (χ0) is 16.1. The summed E-state index contributed by atoms with van der Waals surface area (Å²) in [5, 5.41) is 0. The summed E-state index contributed by atoms with van der Waals surface area (Å²) in [6.07, 6.45) is 2.45. The SMILES string of the molecule is CN1CCCCN(C)C1=NC(c1ccccc1)c1ccccc1.Cl. The van der Waals surface area contributed by atoms with E-state index >= 15 is 0 Å². The Morgan fingerprint density at radius 3 is 1.58 bits per heavy atom. The standard InChI is InChI=1S/C20H25N3.ClH/c1-22-15-9-10-16-23(2)20(22)21-19(17-11-5-3-6-12-17)18-13-7-4-8-14-18;/h3-8,11-14,19H,9-10,15-16H2,1-2H3;1H. The first kappa shape index (κ1) is 18.3. The van der Waals surface area contributed by atoms with Crippen LogP contribution in [0.15, 0.2) is 65.7 Å². The molecule has 0 atom stereocenters. The van der Waals surface area contributed by atoms with Crippen LogP contribution in [0.1, 0.15) is 30.0 Å². The zero-order valence-corrected chi connectivity index (χ0v) is 15.2. The first-order chi connectivity index (χ1) is 11.3. The van der Waals surface area contributed by atoms with E-state index in [1.165, 1.54) is 24.0 Å². The van der Waals surface area contributed by atoms with Crippen LogP contribution in [0, 0.1) is 0 Å². The summed E-state index contributed by atoms with van der Waals surface area (Å²) >= 11 is 0. The second kappa shape index (κ2) is 8.74. The van der Waals surface area contributed by atoms with Crippen LogP contribution in [-0.2, 0) is 0 Å². The quantitative estimate of drug-likeness (QED) is 0.831. The van der Waals surface area contributed by atoms with E-state index in [1.807, 2.05) is 0 Å². The minimum Gasteiger partial charge on any atom is -0.346 e. The van der Waals surface area contributed by atoms with Gasteiger partial charge in [0, 0.05) is 27.2 Å². The summed E-state index contributed by atoms with van der Waals surface area (Å²) in [6, 6.07) is 21.2. The van der Waals surface area contributed by atoms with E-state index in [0.717, 1.165) is 19.0 Å². The van der Waals surface area contributed by atoms with Crippen LogP contribution < -0.4 is 0 Å². The van der Waals surface area contributed by atoms with Gasteiger partial charge in [-0.2, -0.15) is 0 Å². The molecule has 0 aromatic heterocycles. The molecule has 0 aliphatic carbocycles. The molecule has 2 aromatic carbocycles. The van der Waals surface area contributed by atoms with E-state index in [-0.39, 0.29) is 18.4 Å². The van der Waals surface area contributed by atoms with Crippen LogP contribution >= 0.6 is 12.4 Å². The van der Waals surface area contributed by atoms with Crippen molar-refractivity contribution in [2.45, 2.75) is 18.9 Å². The van der Waals surface area contributed by atoms with Gasteiger partial charge in [0.1, 0.15) is 6.04 Å². The molecule has 0 N–H and O–H groups in total. The largest absolute Gasteiger partial charge is 0.346 e. The molecule has 1 heterocycles. The highest BCUT2D eigenvalue weighted by Gasteiger charge is 2.20. The minimum atomic E-state index is 0. The number of guanidine groups is 1.